The smallest absolute Gasteiger partial charge is 0.154 e. The van der Waals surface area contributed by atoms with Crippen LogP contribution in [0, 0.1) is 5.92 Å². The van der Waals surface area contributed by atoms with Gasteiger partial charge >= 0.3 is 0 Å². The van der Waals surface area contributed by atoms with Crippen LogP contribution in [0.1, 0.15) is 75.9 Å². The monoisotopic (exact) mass is 276 g/mol. The third kappa shape index (κ3) is 3.05. The van der Waals surface area contributed by atoms with E-state index >= 15 is 0 Å². The molecule has 0 saturated heterocycles. The Balaban J connectivity index is 1.58. The van der Waals surface area contributed by atoms with Gasteiger partial charge in [0.2, 0.25) is 0 Å². The minimum Gasteiger partial charge on any atom is -0.326 e. The summed E-state index contributed by atoms with van der Waals surface area (Å²) in [5.74, 6) is 3.82. The minimum atomic E-state index is 0.266. The zero-order valence-electron chi connectivity index (χ0n) is 12.7. The lowest BCUT2D eigenvalue weighted by molar-refractivity contribution is 0.298. The van der Waals surface area contributed by atoms with Gasteiger partial charge in [-0.3, -0.25) is 0 Å². The summed E-state index contributed by atoms with van der Waals surface area (Å²) < 4.78 is 2.06. The van der Waals surface area contributed by atoms with Gasteiger partial charge < -0.3 is 5.73 Å². The zero-order chi connectivity index (χ0) is 13.9. The quantitative estimate of drug-likeness (QED) is 0.919. The number of hydrogen-bond acceptors (Lipinski definition) is 3. The molecule has 0 bridgehead atoms. The summed E-state index contributed by atoms with van der Waals surface area (Å²) in [7, 11) is 0. The Kier molecular flexibility index (Phi) is 4.39. The minimum absolute atomic E-state index is 0.266. The van der Waals surface area contributed by atoms with Crippen LogP contribution >= 0.6 is 0 Å². The maximum absolute atomic E-state index is 6.01. The third-order valence-corrected chi connectivity index (χ3v) is 5.09. The molecular formula is C16H28N4. The Morgan fingerprint density at radius 1 is 1.20 bits per heavy atom. The van der Waals surface area contributed by atoms with Gasteiger partial charge in [0, 0.05) is 18.4 Å². The summed E-state index contributed by atoms with van der Waals surface area (Å²) in [6.45, 7) is 3.14. The van der Waals surface area contributed by atoms with Gasteiger partial charge in [-0.15, -0.1) is 0 Å². The van der Waals surface area contributed by atoms with Gasteiger partial charge in [-0.25, -0.2) is 9.67 Å². The van der Waals surface area contributed by atoms with Gasteiger partial charge in [0.05, 0.1) is 6.54 Å². The van der Waals surface area contributed by atoms with Crippen LogP contribution in [0.5, 0.6) is 0 Å². The van der Waals surface area contributed by atoms with Crippen molar-refractivity contribution in [2.24, 2.45) is 11.7 Å². The summed E-state index contributed by atoms with van der Waals surface area (Å²) in [6, 6.07) is 0.266. The van der Waals surface area contributed by atoms with Crippen LogP contribution in [0.25, 0.3) is 0 Å². The summed E-state index contributed by atoms with van der Waals surface area (Å²) in [5, 5.41) is 4.74. The average molecular weight is 276 g/mol. The van der Waals surface area contributed by atoms with Crippen molar-refractivity contribution >= 4 is 0 Å². The van der Waals surface area contributed by atoms with E-state index in [0.29, 0.717) is 5.92 Å². The zero-order valence-corrected chi connectivity index (χ0v) is 12.7. The largest absolute Gasteiger partial charge is 0.326 e. The van der Waals surface area contributed by atoms with Crippen LogP contribution < -0.4 is 5.73 Å². The molecule has 0 aromatic carbocycles. The summed E-state index contributed by atoms with van der Waals surface area (Å²) >= 11 is 0. The molecule has 4 nitrogen and oxygen atoms in total. The first-order valence-electron chi connectivity index (χ1n) is 8.45. The third-order valence-electron chi connectivity index (χ3n) is 5.09. The molecule has 1 aliphatic carbocycles. The summed E-state index contributed by atoms with van der Waals surface area (Å²) in [5.41, 5.74) is 6.01. The van der Waals surface area contributed by atoms with E-state index in [9.17, 15) is 0 Å². The molecular weight excluding hydrogens is 248 g/mol. The molecule has 1 unspecified atom stereocenters. The fourth-order valence-electron chi connectivity index (χ4n) is 3.73. The first kappa shape index (κ1) is 14.1. The normalized spacial score (nSPS) is 30.2. The van der Waals surface area contributed by atoms with Gasteiger partial charge in [0.15, 0.2) is 5.82 Å². The lowest BCUT2D eigenvalue weighted by Gasteiger charge is -2.26. The van der Waals surface area contributed by atoms with Crippen molar-refractivity contribution in [2.45, 2.75) is 83.2 Å². The van der Waals surface area contributed by atoms with Crippen molar-refractivity contribution < 1.29 is 0 Å². The lowest BCUT2D eigenvalue weighted by Crippen LogP contribution is -2.32. The van der Waals surface area contributed by atoms with E-state index in [1.54, 1.807) is 0 Å². The van der Waals surface area contributed by atoms with Crippen molar-refractivity contribution in [1.82, 2.24) is 14.8 Å². The van der Waals surface area contributed by atoms with Gasteiger partial charge in [-0.2, -0.15) is 5.10 Å². The summed E-state index contributed by atoms with van der Waals surface area (Å²) in [4.78, 5) is 4.79. The molecule has 112 valence electrons. The standard InChI is InChI=1S/C16H28N4/c1-2-3-4-12-5-7-13(8-6-12)16-18-15-10-9-14(17)11-20(15)19-16/h12-14H,2-11,17H2,1H3. The molecule has 2 N–H and O–H groups in total. The van der Waals surface area contributed by atoms with Gasteiger partial charge in [0.1, 0.15) is 5.82 Å². The second kappa shape index (κ2) is 6.25. The first-order valence-corrected chi connectivity index (χ1v) is 8.45. The Labute approximate surface area is 122 Å². The average Bonchev–Trinajstić information content (AvgIpc) is 2.88. The number of rotatable bonds is 4. The van der Waals surface area contributed by atoms with E-state index in [1.165, 1.54) is 44.9 Å². The molecule has 2 heterocycles. The molecule has 1 atom stereocenters. The highest BCUT2D eigenvalue weighted by Gasteiger charge is 2.27. The highest BCUT2D eigenvalue weighted by molar-refractivity contribution is 5.03. The highest BCUT2D eigenvalue weighted by atomic mass is 15.4. The molecule has 1 fully saturated rings. The van der Waals surface area contributed by atoms with E-state index in [2.05, 4.69) is 11.6 Å². The maximum Gasteiger partial charge on any atom is 0.154 e. The van der Waals surface area contributed by atoms with E-state index < -0.39 is 0 Å². The Morgan fingerprint density at radius 2 is 2.00 bits per heavy atom. The second-order valence-electron chi connectivity index (χ2n) is 6.73. The molecule has 1 saturated carbocycles. The van der Waals surface area contributed by atoms with Gasteiger partial charge in [-0.05, 0) is 38.0 Å². The first-order chi connectivity index (χ1) is 9.76. The number of fused-ring (bicyclic) bond motifs is 1. The number of aromatic nitrogens is 3. The van der Waals surface area contributed by atoms with Crippen molar-refractivity contribution in [2.75, 3.05) is 0 Å². The number of nitrogens with zero attached hydrogens (tertiary/aromatic N) is 3. The molecule has 0 spiro atoms. The Hall–Kier alpha value is -0.900. The van der Waals surface area contributed by atoms with Gasteiger partial charge in [0.25, 0.3) is 0 Å². The molecule has 1 aliphatic heterocycles. The van der Waals surface area contributed by atoms with Crippen LogP contribution in [-0.2, 0) is 13.0 Å². The van der Waals surface area contributed by atoms with Crippen LogP contribution in [0.4, 0.5) is 0 Å². The lowest BCUT2D eigenvalue weighted by atomic mass is 9.79. The molecule has 0 amide bonds. The topological polar surface area (TPSA) is 56.7 Å². The molecule has 1 aromatic rings. The van der Waals surface area contributed by atoms with Crippen molar-refractivity contribution in [3.05, 3.63) is 11.6 Å². The summed E-state index contributed by atoms with van der Waals surface area (Å²) in [6.07, 6.45) is 11.5. The predicted molar refractivity (Wildman–Crippen MR) is 80.5 cm³/mol. The SMILES string of the molecule is CCCCC1CCC(c2nc3n(n2)CC(N)CC3)CC1. The van der Waals surface area contributed by atoms with Crippen molar-refractivity contribution in [1.29, 1.82) is 0 Å². The number of aryl methyl sites for hydroxylation is 1. The second-order valence-corrected chi connectivity index (χ2v) is 6.73. The fourth-order valence-corrected chi connectivity index (χ4v) is 3.73. The van der Waals surface area contributed by atoms with Crippen LogP contribution in [0.15, 0.2) is 0 Å². The molecule has 1 aromatic heterocycles. The van der Waals surface area contributed by atoms with Gasteiger partial charge in [-0.1, -0.05) is 26.2 Å². The Morgan fingerprint density at radius 3 is 2.75 bits per heavy atom. The van der Waals surface area contributed by atoms with Crippen molar-refractivity contribution in [3.63, 3.8) is 0 Å². The molecule has 3 rings (SSSR count). The van der Waals surface area contributed by atoms with Crippen LogP contribution in [0.3, 0.4) is 0 Å². The van der Waals surface area contributed by atoms with Crippen molar-refractivity contribution in [3.8, 4) is 0 Å². The highest BCUT2D eigenvalue weighted by Crippen LogP contribution is 2.36. The molecule has 20 heavy (non-hydrogen) atoms. The van der Waals surface area contributed by atoms with E-state index in [-0.39, 0.29) is 6.04 Å². The maximum atomic E-state index is 6.01. The molecule has 2 aliphatic rings. The predicted octanol–water partition coefficient (Wildman–Crippen LogP) is 3.02. The van der Waals surface area contributed by atoms with Crippen LogP contribution in [0.2, 0.25) is 0 Å². The van der Waals surface area contributed by atoms with E-state index in [4.69, 9.17) is 15.8 Å². The Bertz CT molecular complexity index is 432. The fraction of sp³-hybridized carbons (Fsp3) is 0.875. The number of nitrogens with two attached hydrogens (primary N) is 1. The molecule has 4 heteroatoms. The number of unbranched alkanes of at least 4 members (excludes halogenated alkanes) is 1. The van der Waals surface area contributed by atoms with E-state index in [0.717, 1.165) is 37.0 Å². The molecule has 0 radical (unpaired) electrons. The van der Waals surface area contributed by atoms with Crippen LogP contribution in [-0.4, -0.2) is 20.8 Å². The van der Waals surface area contributed by atoms with E-state index in [1.807, 2.05) is 0 Å². The number of hydrogen-bond donors (Lipinski definition) is 1.